The lowest BCUT2D eigenvalue weighted by atomic mass is 9.86. The number of anilines is 1. The maximum atomic E-state index is 12.6. The zero-order valence-corrected chi connectivity index (χ0v) is 11.4. The van der Waals surface area contributed by atoms with Crippen molar-refractivity contribution in [2.45, 2.75) is 44.6 Å². The predicted molar refractivity (Wildman–Crippen MR) is 74.9 cm³/mol. The van der Waals surface area contributed by atoms with Gasteiger partial charge in [0, 0.05) is 23.7 Å². The lowest BCUT2D eigenvalue weighted by Crippen LogP contribution is -2.44. The first kappa shape index (κ1) is 12.7. The summed E-state index contributed by atoms with van der Waals surface area (Å²) in [6.07, 6.45) is 5.00. The Morgan fingerprint density at radius 3 is 2.74 bits per heavy atom. The van der Waals surface area contributed by atoms with Gasteiger partial charge in [0.1, 0.15) is 0 Å². The summed E-state index contributed by atoms with van der Waals surface area (Å²) in [5.74, 6) is 0.441. The summed E-state index contributed by atoms with van der Waals surface area (Å²) in [6, 6.07) is 7.76. The molecule has 1 atom stereocenters. The van der Waals surface area contributed by atoms with Crippen molar-refractivity contribution in [1.29, 1.82) is 0 Å². The smallest absolute Gasteiger partial charge is 0.230 e. The molecule has 0 bridgehead atoms. The standard InChI is InChI=1S/C16H21NO2/c1-16(19)10-11-17(14-9-5-4-8-13(14)16)15(18)12-6-2-3-7-12/h4-5,8-9,12,19H,2-3,6-7,10-11H2,1H3. The van der Waals surface area contributed by atoms with Crippen molar-refractivity contribution in [2.24, 2.45) is 5.92 Å². The van der Waals surface area contributed by atoms with Crippen molar-refractivity contribution in [3.63, 3.8) is 0 Å². The molecular formula is C16H21NO2. The minimum atomic E-state index is -0.816. The summed E-state index contributed by atoms with van der Waals surface area (Å²) in [6.45, 7) is 2.46. The molecule has 2 aliphatic rings. The molecule has 1 amide bonds. The van der Waals surface area contributed by atoms with E-state index in [2.05, 4.69) is 0 Å². The van der Waals surface area contributed by atoms with Crippen molar-refractivity contribution in [2.75, 3.05) is 11.4 Å². The number of hydrogen-bond donors (Lipinski definition) is 1. The van der Waals surface area contributed by atoms with Gasteiger partial charge in [0.2, 0.25) is 5.91 Å². The van der Waals surface area contributed by atoms with E-state index in [0.29, 0.717) is 13.0 Å². The maximum absolute atomic E-state index is 12.6. The Morgan fingerprint density at radius 1 is 1.32 bits per heavy atom. The minimum absolute atomic E-state index is 0.191. The van der Waals surface area contributed by atoms with Gasteiger partial charge in [-0.2, -0.15) is 0 Å². The number of benzene rings is 1. The highest BCUT2D eigenvalue weighted by atomic mass is 16.3. The van der Waals surface area contributed by atoms with Crippen molar-refractivity contribution < 1.29 is 9.90 Å². The van der Waals surface area contributed by atoms with Gasteiger partial charge in [0.05, 0.1) is 5.60 Å². The molecule has 1 fully saturated rings. The van der Waals surface area contributed by atoms with Crippen molar-refractivity contribution in [3.8, 4) is 0 Å². The van der Waals surface area contributed by atoms with Gasteiger partial charge in [0.15, 0.2) is 0 Å². The third-order valence-corrected chi connectivity index (χ3v) is 4.57. The van der Waals surface area contributed by atoms with Crippen molar-refractivity contribution >= 4 is 11.6 Å². The third kappa shape index (κ3) is 2.16. The topological polar surface area (TPSA) is 40.5 Å². The number of aliphatic hydroxyl groups is 1. The van der Waals surface area contributed by atoms with Crippen LogP contribution in [0.1, 0.15) is 44.6 Å². The fraction of sp³-hybridized carbons (Fsp3) is 0.562. The van der Waals surface area contributed by atoms with Crippen LogP contribution in [0.15, 0.2) is 24.3 Å². The van der Waals surface area contributed by atoms with Gasteiger partial charge in [-0.15, -0.1) is 0 Å². The molecule has 0 radical (unpaired) electrons. The highest BCUT2D eigenvalue weighted by Gasteiger charge is 2.37. The Morgan fingerprint density at radius 2 is 2.00 bits per heavy atom. The molecule has 1 saturated carbocycles. The van der Waals surface area contributed by atoms with Gasteiger partial charge in [-0.25, -0.2) is 0 Å². The summed E-state index contributed by atoms with van der Waals surface area (Å²) >= 11 is 0. The normalized spacial score (nSPS) is 27.4. The molecule has 102 valence electrons. The van der Waals surface area contributed by atoms with Crippen LogP contribution < -0.4 is 4.90 Å². The molecule has 1 aromatic rings. The summed E-state index contributed by atoms with van der Waals surface area (Å²) in [5, 5.41) is 10.5. The average Bonchev–Trinajstić information content (AvgIpc) is 2.92. The first-order valence-electron chi connectivity index (χ1n) is 7.23. The first-order valence-corrected chi connectivity index (χ1v) is 7.23. The number of para-hydroxylation sites is 1. The number of nitrogens with zero attached hydrogens (tertiary/aromatic N) is 1. The van der Waals surface area contributed by atoms with E-state index in [4.69, 9.17) is 0 Å². The molecule has 19 heavy (non-hydrogen) atoms. The van der Waals surface area contributed by atoms with Crippen LogP contribution in [0.5, 0.6) is 0 Å². The molecule has 1 aliphatic heterocycles. The van der Waals surface area contributed by atoms with Gasteiger partial charge in [-0.1, -0.05) is 31.0 Å². The van der Waals surface area contributed by atoms with Crippen molar-refractivity contribution in [3.05, 3.63) is 29.8 Å². The molecule has 3 heteroatoms. The molecule has 1 unspecified atom stereocenters. The van der Waals surface area contributed by atoms with E-state index < -0.39 is 5.60 Å². The minimum Gasteiger partial charge on any atom is -0.385 e. The number of amides is 1. The van der Waals surface area contributed by atoms with Crippen LogP contribution in [-0.2, 0) is 10.4 Å². The fourth-order valence-electron chi connectivity index (χ4n) is 3.37. The van der Waals surface area contributed by atoms with Gasteiger partial charge < -0.3 is 10.0 Å². The zero-order chi connectivity index (χ0) is 13.5. The maximum Gasteiger partial charge on any atom is 0.230 e. The Balaban J connectivity index is 1.94. The average molecular weight is 259 g/mol. The molecule has 1 aliphatic carbocycles. The quantitative estimate of drug-likeness (QED) is 0.842. The van der Waals surface area contributed by atoms with Crippen LogP contribution in [0, 0.1) is 5.92 Å². The molecular weight excluding hydrogens is 238 g/mol. The number of hydrogen-bond acceptors (Lipinski definition) is 2. The Bertz CT molecular complexity index is 489. The number of carbonyl (C=O) groups is 1. The van der Waals surface area contributed by atoms with Gasteiger partial charge in [0.25, 0.3) is 0 Å². The van der Waals surface area contributed by atoms with Gasteiger partial charge in [-0.05, 0) is 32.3 Å². The van der Waals surface area contributed by atoms with Crippen LogP contribution in [0.25, 0.3) is 0 Å². The molecule has 1 heterocycles. The van der Waals surface area contributed by atoms with Crippen LogP contribution in [0.4, 0.5) is 5.69 Å². The SMILES string of the molecule is CC1(O)CCN(C(=O)C2CCCC2)c2ccccc21. The molecule has 0 aromatic heterocycles. The van der Waals surface area contributed by atoms with E-state index in [0.717, 1.165) is 24.1 Å². The van der Waals surface area contributed by atoms with Crippen molar-refractivity contribution in [1.82, 2.24) is 0 Å². The zero-order valence-electron chi connectivity index (χ0n) is 11.4. The highest BCUT2D eigenvalue weighted by Crippen LogP contribution is 2.39. The largest absolute Gasteiger partial charge is 0.385 e. The second kappa shape index (κ2) is 4.64. The van der Waals surface area contributed by atoms with Crippen LogP contribution >= 0.6 is 0 Å². The lowest BCUT2D eigenvalue weighted by molar-refractivity contribution is -0.122. The third-order valence-electron chi connectivity index (χ3n) is 4.57. The second-order valence-electron chi connectivity index (χ2n) is 6.01. The molecule has 1 N–H and O–H groups in total. The summed E-state index contributed by atoms with van der Waals surface area (Å²) in [4.78, 5) is 14.5. The highest BCUT2D eigenvalue weighted by molar-refractivity contribution is 5.96. The number of carbonyl (C=O) groups excluding carboxylic acids is 1. The predicted octanol–water partition coefficient (Wildman–Crippen LogP) is 2.82. The van der Waals surface area contributed by atoms with Crippen LogP contribution in [0.2, 0.25) is 0 Å². The molecule has 0 saturated heterocycles. The summed E-state index contributed by atoms with van der Waals surface area (Å²) in [5.41, 5.74) is 0.964. The fourth-order valence-corrected chi connectivity index (χ4v) is 3.37. The summed E-state index contributed by atoms with van der Waals surface area (Å²) < 4.78 is 0. The molecule has 1 aromatic carbocycles. The monoisotopic (exact) mass is 259 g/mol. The second-order valence-corrected chi connectivity index (χ2v) is 6.01. The van der Waals surface area contributed by atoms with Crippen LogP contribution in [-0.4, -0.2) is 17.6 Å². The van der Waals surface area contributed by atoms with Crippen LogP contribution in [0.3, 0.4) is 0 Å². The van der Waals surface area contributed by atoms with E-state index in [9.17, 15) is 9.90 Å². The molecule has 3 rings (SSSR count). The Kier molecular flexibility index (Phi) is 3.09. The first-order chi connectivity index (χ1) is 9.09. The summed E-state index contributed by atoms with van der Waals surface area (Å²) in [7, 11) is 0. The van der Waals surface area contributed by atoms with E-state index in [1.807, 2.05) is 36.1 Å². The van der Waals surface area contributed by atoms with Gasteiger partial charge in [-0.3, -0.25) is 4.79 Å². The van der Waals surface area contributed by atoms with E-state index in [-0.39, 0.29) is 11.8 Å². The number of rotatable bonds is 1. The molecule has 0 spiro atoms. The van der Waals surface area contributed by atoms with E-state index in [1.165, 1.54) is 12.8 Å². The Hall–Kier alpha value is -1.35. The number of fused-ring (bicyclic) bond motifs is 1. The van der Waals surface area contributed by atoms with E-state index >= 15 is 0 Å². The van der Waals surface area contributed by atoms with E-state index in [1.54, 1.807) is 0 Å². The Labute approximate surface area is 114 Å². The molecule has 3 nitrogen and oxygen atoms in total. The van der Waals surface area contributed by atoms with Gasteiger partial charge >= 0.3 is 0 Å². The lowest BCUT2D eigenvalue weighted by Gasteiger charge is -2.38.